The van der Waals surface area contributed by atoms with E-state index < -0.39 is 11.7 Å². The van der Waals surface area contributed by atoms with Crippen LogP contribution >= 0.6 is 0 Å². The van der Waals surface area contributed by atoms with Crippen LogP contribution in [-0.4, -0.2) is 38.2 Å². The smallest absolute Gasteiger partial charge is 0.416 e. The number of alkyl halides is 3. The second kappa shape index (κ2) is 9.06. The van der Waals surface area contributed by atoms with Gasteiger partial charge in [0.25, 0.3) is 0 Å². The van der Waals surface area contributed by atoms with Gasteiger partial charge in [-0.05, 0) is 42.0 Å². The van der Waals surface area contributed by atoms with E-state index in [1.165, 1.54) is 11.8 Å². The highest BCUT2D eigenvalue weighted by Gasteiger charge is 2.31. The highest BCUT2D eigenvalue weighted by molar-refractivity contribution is 5.90. The van der Waals surface area contributed by atoms with Crippen LogP contribution in [0.3, 0.4) is 0 Å². The van der Waals surface area contributed by atoms with Crippen molar-refractivity contribution >= 4 is 16.7 Å². The van der Waals surface area contributed by atoms with Gasteiger partial charge in [0.1, 0.15) is 5.76 Å². The summed E-state index contributed by atoms with van der Waals surface area (Å²) >= 11 is 0. The largest absolute Gasteiger partial charge is 0.493 e. The van der Waals surface area contributed by atoms with E-state index in [4.69, 9.17) is 9.15 Å². The molecule has 1 saturated heterocycles. The van der Waals surface area contributed by atoms with E-state index in [0.29, 0.717) is 22.7 Å². The maximum Gasteiger partial charge on any atom is 0.416 e. The van der Waals surface area contributed by atoms with Crippen LogP contribution < -0.4 is 9.64 Å². The first-order valence-corrected chi connectivity index (χ1v) is 11.2. The lowest BCUT2D eigenvalue weighted by molar-refractivity contribution is -0.137. The number of piperazine rings is 1. The molecule has 0 unspecified atom stereocenters. The first-order valence-electron chi connectivity index (χ1n) is 11.2. The van der Waals surface area contributed by atoms with Crippen molar-refractivity contribution in [2.45, 2.75) is 12.7 Å². The predicted molar refractivity (Wildman–Crippen MR) is 127 cm³/mol. The normalized spacial score (nSPS) is 15.1. The van der Waals surface area contributed by atoms with Crippen molar-refractivity contribution in [3.05, 3.63) is 83.9 Å². The van der Waals surface area contributed by atoms with Gasteiger partial charge in [-0.15, -0.1) is 0 Å². The van der Waals surface area contributed by atoms with Crippen molar-refractivity contribution < 1.29 is 22.3 Å². The molecule has 3 aromatic carbocycles. The van der Waals surface area contributed by atoms with Crippen LogP contribution in [0, 0.1) is 0 Å². The van der Waals surface area contributed by atoms with Crippen molar-refractivity contribution in [3.63, 3.8) is 0 Å². The summed E-state index contributed by atoms with van der Waals surface area (Å²) in [5.74, 6) is 0.951. The first kappa shape index (κ1) is 22.3. The summed E-state index contributed by atoms with van der Waals surface area (Å²) in [4.78, 5) is 4.77. The Hall–Kier alpha value is -3.45. The zero-order valence-corrected chi connectivity index (χ0v) is 18.8. The standard InChI is InChI=1S/C27H25F3N2O2/c1-33-24-11-10-20(18-31-12-14-32(15-13-31)22-8-3-2-4-9-22)23-17-25(34-26(23)24)19-6-5-7-21(16-19)27(28,29)30/h2-11,16-17H,12-15,18H2,1H3. The maximum absolute atomic E-state index is 13.2. The van der Waals surface area contributed by atoms with Crippen LogP contribution in [0.15, 0.2) is 77.2 Å². The average Bonchev–Trinajstić information content (AvgIpc) is 3.31. The number of nitrogens with zero attached hydrogens (tertiary/aromatic N) is 2. The Labute approximate surface area is 196 Å². The van der Waals surface area contributed by atoms with Crippen LogP contribution in [0.5, 0.6) is 5.75 Å². The molecule has 0 saturated carbocycles. The fourth-order valence-electron chi connectivity index (χ4n) is 4.49. The minimum Gasteiger partial charge on any atom is -0.493 e. The van der Waals surface area contributed by atoms with Crippen LogP contribution in [0.25, 0.3) is 22.3 Å². The van der Waals surface area contributed by atoms with Gasteiger partial charge in [-0.3, -0.25) is 4.90 Å². The molecule has 0 N–H and O–H groups in total. The van der Waals surface area contributed by atoms with Gasteiger partial charge in [0.2, 0.25) is 0 Å². The van der Waals surface area contributed by atoms with Crippen molar-refractivity contribution in [1.29, 1.82) is 0 Å². The lowest BCUT2D eigenvalue weighted by Crippen LogP contribution is -2.45. The minimum atomic E-state index is -4.41. The fourth-order valence-corrected chi connectivity index (χ4v) is 4.49. The molecule has 0 amide bonds. The third kappa shape index (κ3) is 4.48. The van der Waals surface area contributed by atoms with Gasteiger partial charge >= 0.3 is 6.18 Å². The summed E-state index contributed by atoms with van der Waals surface area (Å²) in [6.07, 6.45) is -4.41. The summed E-state index contributed by atoms with van der Waals surface area (Å²) in [6.45, 7) is 4.43. The number of anilines is 1. The summed E-state index contributed by atoms with van der Waals surface area (Å²) in [6, 6.07) is 21.3. The van der Waals surface area contributed by atoms with Gasteiger partial charge in [-0.1, -0.05) is 36.4 Å². The van der Waals surface area contributed by atoms with Gasteiger partial charge in [-0.2, -0.15) is 13.2 Å². The van der Waals surface area contributed by atoms with E-state index in [2.05, 4.69) is 34.1 Å². The zero-order chi connectivity index (χ0) is 23.7. The highest BCUT2D eigenvalue weighted by Crippen LogP contribution is 2.38. The molecule has 0 atom stereocenters. The van der Waals surface area contributed by atoms with Crippen LogP contribution in [0.1, 0.15) is 11.1 Å². The lowest BCUT2D eigenvalue weighted by Gasteiger charge is -2.36. The number of para-hydroxylation sites is 1. The maximum atomic E-state index is 13.2. The monoisotopic (exact) mass is 466 g/mol. The summed E-state index contributed by atoms with van der Waals surface area (Å²) in [7, 11) is 1.56. The molecule has 0 spiro atoms. The third-order valence-electron chi connectivity index (χ3n) is 6.32. The summed E-state index contributed by atoms with van der Waals surface area (Å²) < 4.78 is 51.1. The van der Waals surface area contributed by atoms with E-state index in [-0.39, 0.29) is 0 Å². The molecule has 34 heavy (non-hydrogen) atoms. The Bertz CT molecular complexity index is 1280. The molecule has 4 aromatic rings. The fraction of sp³-hybridized carbons (Fsp3) is 0.259. The van der Waals surface area contributed by atoms with Crippen LogP contribution in [0.2, 0.25) is 0 Å². The molecule has 4 nitrogen and oxygen atoms in total. The number of fused-ring (bicyclic) bond motifs is 1. The molecule has 7 heteroatoms. The Kier molecular flexibility index (Phi) is 5.96. The molecule has 0 radical (unpaired) electrons. The van der Waals surface area contributed by atoms with Gasteiger partial charge in [0.05, 0.1) is 12.7 Å². The Morgan fingerprint density at radius 1 is 0.882 bits per heavy atom. The average molecular weight is 467 g/mol. The molecule has 1 aromatic heterocycles. The second-order valence-electron chi connectivity index (χ2n) is 8.46. The van der Waals surface area contributed by atoms with Gasteiger partial charge in [0, 0.05) is 49.4 Å². The van der Waals surface area contributed by atoms with E-state index >= 15 is 0 Å². The number of hydrogen-bond donors (Lipinski definition) is 0. The molecule has 0 bridgehead atoms. The zero-order valence-electron chi connectivity index (χ0n) is 18.8. The number of rotatable bonds is 5. The third-order valence-corrected chi connectivity index (χ3v) is 6.32. The SMILES string of the molecule is COc1ccc(CN2CCN(c3ccccc3)CC2)c2cc(-c3cccc(C(F)(F)F)c3)oc12. The van der Waals surface area contributed by atoms with Crippen molar-refractivity contribution in [2.75, 3.05) is 38.2 Å². The number of hydrogen-bond acceptors (Lipinski definition) is 4. The molecule has 1 aliphatic rings. The molecule has 176 valence electrons. The topological polar surface area (TPSA) is 28.9 Å². The molecule has 1 aliphatic heterocycles. The van der Waals surface area contributed by atoms with Crippen molar-refractivity contribution in [2.24, 2.45) is 0 Å². The van der Waals surface area contributed by atoms with E-state index in [0.717, 1.165) is 55.8 Å². The number of halogens is 3. The van der Waals surface area contributed by atoms with E-state index in [1.54, 1.807) is 13.2 Å². The van der Waals surface area contributed by atoms with Crippen molar-refractivity contribution in [1.82, 2.24) is 4.90 Å². The first-order chi connectivity index (χ1) is 16.4. The van der Waals surface area contributed by atoms with E-state index in [1.807, 2.05) is 24.3 Å². The van der Waals surface area contributed by atoms with E-state index in [9.17, 15) is 13.2 Å². The quantitative estimate of drug-likeness (QED) is 0.338. The Morgan fingerprint density at radius 3 is 2.35 bits per heavy atom. The highest BCUT2D eigenvalue weighted by atomic mass is 19.4. The Balaban J connectivity index is 1.40. The van der Waals surface area contributed by atoms with Gasteiger partial charge < -0.3 is 14.1 Å². The van der Waals surface area contributed by atoms with Crippen LogP contribution in [-0.2, 0) is 12.7 Å². The molecular formula is C27H25F3N2O2. The molecular weight excluding hydrogens is 441 g/mol. The molecule has 2 heterocycles. The minimum absolute atomic E-state index is 0.385. The van der Waals surface area contributed by atoms with Crippen LogP contribution in [0.4, 0.5) is 18.9 Å². The molecule has 5 rings (SSSR count). The number of furan rings is 1. The second-order valence-corrected chi connectivity index (χ2v) is 8.46. The van der Waals surface area contributed by atoms with Gasteiger partial charge in [0.15, 0.2) is 11.3 Å². The number of ether oxygens (including phenoxy) is 1. The number of methoxy groups -OCH3 is 1. The molecule has 0 aliphatic carbocycles. The molecule has 1 fully saturated rings. The summed E-state index contributed by atoms with van der Waals surface area (Å²) in [5.41, 5.74) is 2.53. The van der Waals surface area contributed by atoms with Gasteiger partial charge in [-0.25, -0.2) is 0 Å². The Morgan fingerprint density at radius 2 is 1.65 bits per heavy atom. The predicted octanol–water partition coefficient (Wildman–Crippen LogP) is 6.45. The lowest BCUT2D eigenvalue weighted by atomic mass is 10.1. The van der Waals surface area contributed by atoms with Crippen molar-refractivity contribution in [3.8, 4) is 17.1 Å². The number of benzene rings is 3. The summed E-state index contributed by atoms with van der Waals surface area (Å²) in [5, 5.41) is 0.859.